The first-order valence-corrected chi connectivity index (χ1v) is 18.9. The van der Waals surface area contributed by atoms with E-state index in [1.165, 1.54) is 31.8 Å². The van der Waals surface area contributed by atoms with Crippen molar-refractivity contribution in [3.05, 3.63) is 124 Å². The minimum absolute atomic E-state index is 0. The van der Waals surface area contributed by atoms with Crippen LogP contribution in [-0.2, 0) is 22.4 Å². The molecule has 1 saturated carbocycles. The highest BCUT2D eigenvalue weighted by Gasteiger charge is 2.24. The summed E-state index contributed by atoms with van der Waals surface area (Å²) in [5.41, 5.74) is 7.19. The second-order valence-corrected chi connectivity index (χ2v) is 14.3. The van der Waals surface area contributed by atoms with E-state index in [1.807, 2.05) is 57.4 Å². The molecule has 0 saturated heterocycles. The van der Waals surface area contributed by atoms with Crippen LogP contribution in [0, 0.1) is 0 Å². The lowest BCUT2D eigenvalue weighted by molar-refractivity contribution is -0.120. The minimum atomic E-state index is -0.901. The Labute approximate surface area is 335 Å². The molecule has 1 heterocycles. The molecule has 3 aromatic rings. The summed E-state index contributed by atoms with van der Waals surface area (Å²) >= 11 is 0. The zero-order chi connectivity index (χ0) is 40.4. The molecular formula is C47H55N2O8+. The predicted octanol–water partition coefficient (Wildman–Crippen LogP) is 8.59. The number of Topliss-reactive ketones (excluding diaryl/α,β-unsaturated/α-hetero) is 1. The fourth-order valence-electron chi connectivity index (χ4n) is 6.86. The van der Waals surface area contributed by atoms with Gasteiger partial charge in [-0.15, -0.1) is 0 Å². The number of aromatic carboxylic acids is 1. The van der Waals surface area contributed by atoms with E-state index in [-0.39, 0.29) is 13.2 Å². The Morgan fingerprint density at radius 2 is 1.35 bits per heavy atom. The van der Waals surface area contributed by atoms with Gasteiger partial charge in [0.2, 0.25) is 5.36 Å². The van der Waals surface area contributed by atoms with Gasteiger partial charge in [-0.3, -0.25) is 9.59 Å². The van der Waals surface area contributed by atoms with Gasteiger partial charge in [0.15, 0.2) is 5.78 Å². The standard InChI is InChI=1S/C22H21NO3.C18H19NO4.C6H10O.CH4/c1-23(2)16-11-12-18-20(13-16)26-19-6-4-3-5-17(19)21(18)14-7-9-15(10-8-14)22(24)25;1-19(2)14-9-10-15(16(11-14)22-3)17(20)12-5-7-13(8-6-12)18(21)23-4;7-6-4-2-1-3-5-6;/h7-13H,3-6H2,1-2H3;5-11H,1-4H3;1-5H2;1H4/p+1. The zero-order valence-corrected chi connectivity index (χ0v) is 33.1. The van der Waals surface area contributed by atoms with Crippen LogP contribution in [0.15, 0.2) is 89.3 Å². The van der Waals surface area contributed by atoms with Crippen LogP contribution in [0.2, 0.25) is 0 Å². The number of carboxylic acids is 1. The molecule has 0 aromatic heterocycles. The lowest BCUT2D eigenvalue weighted by Gasteiger charge is -2.23. The van der Waals surface area contributed by atoms with E-state index in [9.17, 15) is 24.3 Å². The lowest BCUT2D eigenvalue weighted by atomic mass is 9.86. The van der Waals surface area contributed by atoms with Crippen LogP contribution in [-0.4, -0.2) is 71.0 Å². The second kappa shape index (κ2) is 20.2. The van der Waals surface area contributed by atoms with Gasteiger partial charge in [-0.05, 0) is 91.3 Å². The van der Waals surface area contributed by atoms with Crippen LogP contribution in [0.4, 0.5) is 5.69 Å². The number of esters is 1. The van der Waals surface area contributed by atoms with Crippen molar-refractivity contribution in [1.29, 1.82) is 0 Å². The average molecular weight is 776 g/mol. The van der Waals surface area contributed by atoms with Crippen molar-refractivity contribution in [3.63, 3.8) is 0 Å². The molecule has 3 aromatic carbocycles. The van der Waals surface area contributed by atoms with Gasteiger partial charge in [-0.1, -0.05) is 38.1 Å². The largest absolute Gasteiger partial charge is 0.496 e. The number of benzene rings is 4. The molecule has 1 N–H and O–H groups in total. The minimum Gasteiger partial charge on any atom is -0.496 e. The molecule has 0 amide bonds. The molecule has 0 bridgehead atoms. The first-order chi connectivity index (χ1) is 26.9. The molecule has 7 rings (SSSR count). The molecule has 57 heavy (non-hydrogen) atoms. The van der Waals surface area contributed by atoms with Gasteiger partial charge in [0.05, 0.1) is 37.0 Å². The number of rotatable bonds is 7. The van der Waals surface area contributed by atoms with Crippen LogP contribution in [0.25, 0.3) is 22.5 Å². The summed E-state index contributed by atoms with van der Waals surface area (Å²) in [6.45, 7) is 0. The highest BCUT2D eigenvalue weighted by Crippen LogP contribution is 2.41. The summed E-state index contributed by atoms with van der Waals surface area (Å²) < 4.78 is 18.3. The quantitative estimate of drug-likeness (QED) is 0.0983. The topological polar surface area (TPSA) is 126 Å². The van der Waals surface area contributed by atoms with E-state index in [2.05, 4.69) is 27.5 Å². The van der Waals surface area contributed by atoms with Gasteiger partial charge >= 0.3 is 11.9 Å². The van der Waals surface area contributed by atoms with Gasteiger partial charge in [-0.2, -0.15) is 0 Å². The fraction of sp³-hybridized carbons (Fsp3) is 0.340. The van der Waals surface area contributed by atoms with Crippen molar-refractivity contribution in [2.24, 2.45) is 0 Å². The van der Waals surface area contributed by atoms with Gasteiger partial charge in [-0.25, -0.2) is 14.2 Å². The number of nitrogens with zero attached hydrogens (tertiary/aromatic N) is 2. The van der Waals surface area contributed by atoms with Crippen molar-refractivity contribution in [3.8, 4) is 28.2 Å². The predicted molar refractivity (Wildman–Crippen MR) is 225 cm³/mol. The summed E-state index contributed by atoms with van der Waals surface area (Å²) in [4.78, 5) is 47.7. The number of carboxylic acid groups (broad SMARTS) is 1. The Balaban J connectivity index is 0.000000214. The molecule has 10 heteroatoms. The number of ketones is 2. The van der Waals surface area contributed by atoms with Gasteiger partial charge in [0.1, 0.15) is 37.1 Å². The Morgan fingerprint density at radius 1 is 0.737 bits per heavy atom. The SMILES string of the molecule is C.COC(=O)c1ccc(C(=O)c2ccc(N(C)C)cc2OC)cc1.C[N+](C)=c1ccc2c(-c3ccc(C(=O)O)cc3)c3c(oc-2c1)CCCC3.O=C1CCCCC1. The number of anilines is 1. The molecule has 3 aliphatic carbocycles. The molecule has 0 spiro atoms. The van der Waals surface area contributed by atoms with Crippen molar-refractivity contribution in [1.82, 2.24) is 4.58 Å². The summed E-state index contributed by atoms with van der Waals surface area (Å²) in [6, 6.07) is 25.2. The monoisotopic (exact) mass is 775 g/mol. The van der Waals surface area contributed by atoms with Crippen molar-refractivity contribution >= 4 is 29.2 Å². The van der Waals surface area contributed by atoms with Gasteiger partial charge < -0.3 is 23.9 Å². The third-order valence-corrected chi connectivity index (χ3v) is 10.0. The number of carbonyl (C=O) groups excluding carboxylic acids is 3. The van der Waals surface area contributed by atoms with E-state index < -0.39 is 11.9 Å². The smallest absolute Gasteiger partial charge is 0.337 e. The first-order valence-electron chi connectivity index (χ1n) is 18.9. The van der Waals surface area contributed by atoms with Crippen LogP contribution >= 0.6 is 0 Å². The maximum atomic E-state index is 12.6. The highest BCUT2D eigenvalue weighted by atomic mass is 16.5. The highest BCUT2D eigenvalue weighted by molar-refractivity contribution is 6.11. The molecule has 1 aliphatic heterocycles. The van der Waals surface area contributed by atoms with E-state index in [1.54, 1.807) is 42.5 Å². The normalized spacial score (nSPS) is 13.0. The van der Waals surface area contributed by atoms with Crippen LogP contribution in [0.1, 0.15) is 100 Å². The molecule has 0 atom stereocenters. The fourth-order valence-corrected chi connectivity index (χ4v) is 6.86. The Kier molecular flexibility index (Phi) is 15.5. The Hall–Kier alpha value is -6.03. The molecule has 10 nitrogen and oxygen atoms in total. The molecule has 0 unspecified atom stereocenters. The van der Waals surface area contributed by atoms with E-state index in [0.717, 1.165) is 85.1 Å². The summed E-state index contributed by atoms with van der Waals surface area (Å²) in [5, 5.41) is 10.3. The number of carbonyl (C=O) groups is 4. The van der Waals surface area contributed by atoms with Gasteiger partial charge in [0.25, 0.3) is 0 Å². The number of ether oxygens (including phenoxy) is 2. The van der Waals surface area contributed by atoms with Gasteiger partial charge in [0, 0.05) is 62.3 Å². The average Bonchev–Trinajstić information content (AvgIpc) is 3.22. The van der Waals surface area contributed by atoms with Crippen LogP contribution < -0.4 is 19.6 Å². The van der Waals surface area contributed by atoms with Crippen molar-refractivity contribution in [2.75, 3.05) is 47.3 Å². The van der Waals surface area contributed by atoms with Crippen LogP contribution in [0.3, 0.4) is 0 Å². The molecule has 300 valence electrons. The number of hydrogen-bond acceptors (Lipinski definition) is 8. The number of hydrogen-bond donors (Lipinski definition) is 1. The maximum absolute atomic E-state index is 12.6. The third-order valence-electron chi connectivity index (χ3n) is 10.0. The van der Waals surface area contributed by atoms with Crippen molar-refractivity contribution in [2.45, 2.75) is 65.2 Å². The number of methoxy groups -OCH3 is 2. The zero-order valence-electron chi connectivity index (χ0n) is 33.1. The van der Waals surface area contributed by atoms with E-state index in [0.29, 0.717) is 33.8 Å². The summed E-state index contributed by atoms with van der Waals surface area (Å²) in [6.07, 6.45) is 9.50. The second-order valence-electron chi connectivity index (χ2n) is 14.3. The Bertz CT molecular complexity index is 2220. The molecule has 0 radical (unpaired) electrons. The Morgan fingerprint density at radius 3 is 1.91 bits per heavy atom. The lowest BCUT2D eigenvalue weighted by Crippen LogP contribution is -2.21. The summed E-state index contributed by atoms with van der Waals surface area (Å²) in [7, 11) is 10.7. The summed E-state index contributed by atoms with van der Waals surface area (Å²) in [5.74, 6) is 1.43. The van der Waals surface area contributed by atoms with E-state index in [4.69, 9.17) is 9.15 Å². The van der Waals surface area contributed by atoms with E-state index >= 15 is 0 Å². The maximum Gasteiger partial charge on any atom is 0.337 e. The molecule has 1 fully saturated rings. The van der Waals surface area contributed by atoms with Crippen molar-refractivity contribution < 1.29 is 38.2 Å². The van der Waals surface area contributed by atoms with Crippen LogP contribution in [0.5, 0.6) is 5.75 Å². The number of fused-ring (bicyclic) bond motifs is 2. The first kappa shape index (κ1) is 43.7. The molecular weight excluding hydrogens is 721 g/mol. The number of aryl methyl sites for hydroxylation is 1. The third kappa shape index (κ3) is 10.8. The molecule has 4 aliphatic rings.